The fraction of sp³-hybridized carbons (Fsp3) is 0.300. The molecule has 1 aliphatic heterocycles. The first-order valence-corrected chi connectivity index (χ1v) is 10.5. The first kappa shape index (κ1) is 18.6. The van der Waals surface area contributed by atoms with E-state index in [1.54, 1.807) is 31.4 Å². The minimum atomic E-state index is -3.52. The Hall–Kier alpha value is -2.71. The Bertz CT molecular complexity index is 1060. The fourth-order valence-electron chi connectivity index (χ4n) is 3.26. The number of hydrogen-bond donors (Lipinski definition) is 0. The molecule has 1 saturated heterocycles. The van der Waals surface area contributed by atoms with Gasteiger partial charge in [0.15, 0.2) is 0 Å². The molecule has 0 amide bonds. The second kappa shape index (κ2) is 7.37. The highest BCUT2D eigenvalue weighted by Crippen LogP contribution is 2.32. The monoisotopic (exact) mass is 399 g/mol. The zero-order valence-corrected chi connectivity index (χ0v) is 16.5. The van der Waals surface area contributed by atoms with Gasteiger partial charge in [-0.1, -0.05) is 17.7 Å². The minimum Gasteiger partial charge on any atom is -0.497 e. The van der Waals surface area contributed by atoms with Gasteiger partial charge in [-0.3, -0.25) is 0 Å². The van der Waals surface area contributed by atoms with Gasteiger partial charge in [0.25, 0.3) is 0 Å². The Morgan fingerprint density at radius 3 is 2.46 bits per heavy atom. The molecule has 0 bridgehead atoms. The minimum absolute atomic E-state index is 0.111. The summed E-state index contributed by atoms with van der Waals surface area (Å²) in [5.74, 6) is 1.51. The van der Waals surface area contributed by atoms with E-state index < -0.39 is 10.0 Å². The van der Waals surface area contributed by atoms with E-state index in [4.69, 9.17) is 9.15 Å². The van der Waals surface area contributed by atoms with E-state index in [0.29, 0.717) is 36.2 Å². The van der Waals surface area contributed by atoms with Crippen LogP contribution in [0.15, 0.2) is 57.8 Å². The summed E-state index contributed by atoms with van der Waals surface area (Å²) < 4.78 is 38.2. The van der Waals surface area contributed by atoms with E-state index in [0.717, 1.165) is 16.9 Å². The molecule has 146 valence electrons. The molecule has 0 spiro atoms. The molecule has 1 aliphatic rings. The van der Waals surface area contributed by atoms with Crippen molar-refractivity contribution < 1.29 is 17.6 Å². The maximum absolute atomic E-state index is 12.9. The van der Waals surface area contributed by atoms with Crippen molar-refractivity contribution in [2.75, 3.05) is 20.2 Å². The summed E-state index contributed by atoms with van der Waals surface area (Å²) in [5.41, 5.74) is 1.82. The van der Waals surface area contributed by atoms with E-state index in [1.165, 1.54) is 4.31 Å². The van der Waals surface area contributed by atoms with Crippen LogP contribution in [0.5, 0.6) is 5.75 Å². The summed E-state index contributed by atoms with van der Waals surface area (Å²) >= 11 is 0. The molecule has 7 nitrogen and oxygen atoms in total. The highest BCUT2D eigenvalue weighted by Gasteiger charge is 2.35. The molecule has 3 aromatic rings. The van der Waals surface area contributed by atoms with Crippen molar-refractivity contribution in [2.24, 2.45) is 0 Å². The highest BCUT2D eigenvalue weighted by molar-refractivity contribution is 7.89. The number of methoxy groups -OCH3 is 1. The van der Waals surface area contributed by atoms with Crippen LogP contribution in [-0.4, -0.2) is 43.1 Å². The number of hydrogen-bond acceptors (Lipinski definition) is 6. The van der Waals surface area contributed by atoms with E-state index in [9.17, 15) is 8.42 Å². The molecule has 28 heavy (non-hydrogen) atoms. The molecule has 2 aromatic carbocycles. The maximum Gasteiger partial charge on any atom is 0.247 e. The van der Waals surface area contributed by atoms with Gasteiger partial charge in [-0.2, -0.15) is 4.31 Å². The van der Waals surface area contributed by atoms with Crippen LogP contribution in [0.3, 0.4) is 0 Å². The van der Waals surface area contributed by atoms with Gasteiger partial charge in [0, 0.05) is 18.7 Å². The van der Waals surface area contributed by atoms with Gasteiger partial charge in [0.1, 0.15) is 5.75 Å². The van der Waals surface area contributed by atoms with Gasteiger partial charge in [-0.25, -0.2) is 8.42 Å². The summed E-state index contributed by atoms with van der Waals surface area (Å²) in [7, 11) is -1.91. The van der Waals surface area contributed by atoms with E-state index in [1.807, 2.05) is 31.2 Å². The quantitative estimate of drug-likeness (QED) is 0.655. The zero-order chi connectivity index (χ0) is 19.7. The van der Waals surface area contributed by atoms with Gasteiger partial charge in [-0.15, -0.1) is 10.2 Å². The molecule has 4 rings (SSSR count). The van der Waals surface area contributed by atoms with Gasteiger partial charge in [0.05, 0.1) is 17.9 Å². The third-order valence-corrected chi connectivity index (χ3v) is 6.82. The smallest absolute Gasteiger partial charge is 0.247 e. The zero-order valence-electron chi connectivity index (χ0n) is 15.7. The van der Waals surface area contributed by atoms with Crippen LogP contribution in [0.1, 0.15) is 23.8 Å². The Kier molecular flexibility index (Phi) is 4.91. The van der Waals surface area contributed by atoms with Crippen LogP contribution in [0.2, 0.25) is 0 Å². The lowest BCUT2D eigenvalue weighted by molar-refractivity contribution is 0.414. The Labute approximate surface area is 164 Å². The Morgan fingerprint density at radius 1 is 1.07 bits per heavy atom. The van der Waals surface area contributed by atoms with Gasteiger partial charge < -0.3 is 9.15 Å². The van der Waals surface area contributed by atoms with Crippen LogP contribution in [0.25, 0.3) is 11.5 Å². The molecular formula is C20H21N3O4S. The summed E-state index contributed by atoms with van der Waals surface area (Å²) in [4.78, 5) is 0.309. The van der Waals surface area contributed by atoms with Crippen molar-refractivity contribution in [3.8, 4) is 17.2 Å². The van der Waals surface area contributed by atoms with Crippen molar-refractivity contribution in [1.82, 2.24) is 14.5 Å². The first-order chi connectivity index (χ1) is 13.5. The van der Waals surface area contributed by atoms with Gasteiger partial charge in [0.2, 0.25) is 21.8 Å². The third-order valence-electron chi connectivity index (χ3n) is 4.94. The topological polar surface area (TPSA) is 85.5 Å². The summed E-state index contributed by atoms with van der Waals surface area (Å²) in [5, 5.41) is 8.26. The van der Waals surface area contributed by atoms with Crippen molar-refractivity contribution in [3.05, 3.63) is 60.0 Å². The van der Waals surface area contributed by atoms with Crippen molar-refractivity contribution in [1.29, 1.82) is 0 Å². The molecule has 1 fully saturated rings. The Balaban J connectivity index is 1.50. The summed E-state index contributed by atoms with van der Waals surface area (Å²) in [6.45, 7) is 2.69. The summed E-state index contributed by atoms with van der Waals surface area (Å²) in [6, 6.07) is 14.2. The molecule has 0 saturated carbocycles. The number of rotatable bonds is 5. The molecule has 0 unspecified atom stereocenters. The SMILES string of the molecule is COc1ccc(-c2nnc([C@H]3CCN(S(=O)(=O)c4ccc(C)cc4)C3)o2)cc1. The normalized spacial score (nSPS) is 17.7. The second-order valence-corrected chi connectivity index (χ2v) is 8.77. The lowest BCUT2D eigenvalue weighted by atomic mass is 10.1. The third kappa shape index (κ3) is 3.53. The average molecular weight is 399 g/mol. The lowest BCUT2D eigenvalue weighted by Crippen LogP contribution is -2.28. The van der Waals surface area contributed by atoms with Gasteiger partial charge >= 0.3 is 0 Å². The van der Waals surface area contributed by atoms with Crippen LogP contribution in [-0.2, 0) is 10.0 Å². The van der Waals surface area contributed by atoms with E-state index in [2.05, 4.69) is 10.2 Å². The van der Waals surface area contributed by atoms with Crippen LogP contribution < -0.4 is 4.74 Å². The highest BCUT2D eigenvalue weighted by atomic mass is 32.2. The number of aromatic nitrogens is 2. The van der Waals surface area contributed by atoms with Crippen LogP contribution >= 0.6 is 0 Å². The standard InChI is InChI=1S/C20H21N3O4S/c1-14-3-9-18(10-4-14)28(24,25)23-12-11-16(13-23)20-22-21-19(27-20)15-5-7-17(26-2)8-6-15/h3-10,16H,11-13H2,1-2H3/t16-/m0/s1. The molecule has 0 aliphatic carbocycles. The molecular weight excluding hydrogens is 378 g/mol. The largest absolute Gasteiger partial charge is 0.497 e. The fourth-order valence-corrected chi connectivity index (χ4v) is 4.76. The maximum atomic E-state index is 12.9. The second-order valence-electron chi connectivity index (χ2n) is 6.84. The lowest BCUT2D eigenvalue weighted by Gasteiger charge is -2.16. The predicted octanol–water partition coefficient (Wildman–Crippen LogP) is 3.23. The van der Waals surface area contributed by atoms with Crippen LogP contribution in [0, 0.1) is 6.92 Å². The predicted molar refractivity (Wildman–Crippen MR) is 104 cm³/mol. The Morgan fingerprint density at radius 2 is 1.79 bits per heavy atom. The molecule has 1 atom stereocenters. The average Bonchev–Trinajstić information content (AvgIpc) is 3.38. The molecule has 2 heterocycles. The molecule has 0 radical (unpaired) electrons. The number of sulfonamides is 1. The van der Waals surface area contributed by atoms with Crippen molar-refractivity contribution in [3.63, 3.8) is 0 Å². The number of nitrogens with zero attached hydrogens (tertiary/aromatic N) is 3. The van der Waals surface area contributed by atoms with Gasteiger partial charge in [-0.05, 0) is 49.7 Å². The number of benzene rings is 2. The van der Waals surface area contributed by atoms with Crippen LogP contribution in [0.4, 0.5) is 0 Å². The van der Waals surface area contributed by atoms with Crippen molar-refractivity contribution in [2.45, 2.75) is 24.2 Å². The first-order valence-electron chi connectivity index (χ1n) is 9.02. The molecule has 8 heteroatoms. The van der Waals surface area contributed by atoms with E-state index >= 15 is 0 Å². The van der Waals surface area contributed by atoms with Crippen molar-refractivity contribution >= 4 is 10.0 Å². The molecule has 0 N–H and O–H groups in total. The number of ether oxygens (including phenoxy) is 1. The number of aryl methyl sites for hydroxylation is 1. The van der Waals surface area contributed by atoms with E-state index in [-0.39, 0.29) is 5.92 Å². The summed E-state index contributed by atoms with van der Waals surface area (Å²) in [6.07, 6.45) is 0.648. The molecule has 1 aromatic heterocycles.